The molecule has 0 atom stereocenters. The Morgan fingerprint density at radius 3 is 2.16 bits per heavy atom. The fourth-order valence-electron chi connectivity index (χ4n) is 3.08. The maximum absolute atomic E-state index is 12.2. The van der Waals surface area contributed by atoms with Crippen LogP contribution in [0.1, 0.15) is 28.7 Å². The summed E-state index contributed by atoms with van der Waals surface area (Å²) in [5, 5.41) is 8.01. The molecule has 3 aromatic rings. The van der Waals surface area contributed by atoms with Crippen LogP contribution in [0.2, 0.25) is 0 Å². The van der Waals surface area contributed by atoms with Crippen molar-refractivity contribution in [2.45, 2.75) is 37.5 Å². The van der Waals surface area contributed by atoms with Gasteiger partial charge < -0.3 is 10.1 Å². The zero-order valence-corrected chi connectivity index (χ0v) is 18.0. The van der Waals surface area contributed by atoms with E-state index < -0.39 is 10.0 Å². The Bertz CT molecular complexity index is 1100. The van der Waals surface area contributed by atoms with Gasteiger partial charge in [-0.05, 0) is 40.8 Å². The molecule has 0 aromatic heterocycles. The third-order valence-electron chi connectivity index (χ3n) is 4.75. The van der Waals surface area contributed by atoms with Crippen molar-refractivity contribution in [2.24, 2.45) is 5.14 Å². The van der Waals surface area contributed by atoms with Crippen molar-refractivity contribution in [3.63, 3.8) is 0 Å². The monoisotopic (exact) mass is 438 g/mol. The Morgan fingerprint density at radius 1 is 0.806 bits per heavy atom. The molecule has 3 rings (SSSR count). The van der Waals surface area contributed by atoms with E-state index in [0.29, 0.717) is 32.6 Å². The highest BCUT2D eigenvalue weighted by Crippen LogP contribution is 2.11. The predicted octanol–water partition coefficient (Wildman–Crippen LogP) is 3.30. The maximum Gasteiger partial charge on any atom is 0.238 e. The van der Waals surface area contributed by atoms with Gasteiger partial charge in [0.1, 0.15) is 0 Å². The summed E-state index contributed by atoms with van der Waals surface area (Å²) in [4.78, 5) is 12.2. The first-order chi connectivity index (χ1) is 14.9. The zero-order chi connectivity index (χ0) is 22.1. The highest BCUT2D eigenvalue weighted by Gasteiger charge is 2.08. The van der Waals surface area contributed by atoms with Gasteiger partial charge in [-0.3, -0.25) is 4.79 Å². The zero-order valence-electron chi connectivity index (χ0n) is 17.2. The first kappa shape index (κ1) is 22.7. The van der Waals surface area contributed by atoms with Crippen LogP contribution in [0.5, 0.6) is 0 Å². The van der Waals surface area contributed by atoms with Crippen LogP contribution in [0.15, 0.2) is 83.8 Å². The molecule has 0 aliphatic heterocycles. The van der Waals surface area contributed by atoms with Gasteiger partial charge in [0.15, 0.2) is 0 Å². The molecule has 31 heavy (non-hydrogen) atoms. The fourth-order valence-corrected chi connectivity index (χ4v) is 3.60. The lowest BCUT2D eigenvalue weighted by molar-refractivity contribution is -0.121. The molecule has 6 nitrogen and oxygen atoms in total. The van der Waals surface area contributed by atoms with E-state index in [4.69, 9.17) is 9.88 Å². The number of benzene rings is 3. The quantitative estimate of drug-likeness (QED) is 0.507. The number of nitrogens with two attached hydrogens (primary N) is 1. The van der Waals surface area contributed by atoms with E-state index in [0.717, 1.165) is 22.3 Å². The Kier molecular flexibility index (Phi) is 7.94. The first-order valence-electron chi connectivity index (χ1n) is 9.98. The molecule has 0 heterocycles. The van der Waals surface area contributed by atoms with Gasteiger partial charge in [-0.2, -0.15) is 0 Å². The van der Waals surface area contributed by atoms with Crippen LogP contribution >= 0.6 is 0 Å². The molecule has 0 saturated carbocycles. The summed E-state index contributed by atoms with van der Waals surface area (Å²) in [5.74, 6) is -0.0683. The average Bonchev–Trinajstić information content (AvgIpc) is 2.77. The number of carbonyl (C=O) groups excluding carboxylic acids is 1. The Morgan fingerprint density at radius 2 is 1.45 bits per heavy atom. The number of primary sulfonamides is 1. The van der Waals surface area contributed by atoms with Crippen LogP contribution in [0.4, 0.5) is 0 Å². The van der Waals surface area contributed by atoms with E-state index in [1.165, 1.54) is 12.1 Å². The number of amides is 1. The van der Waals surface area contributed by atoms with E-state index in [2.05, 4.69) is 5.32 Å². The summed E-state index contributed by atoms with van der Waals surface area (Å²) in [5.41, 5.74) is 4.06. The molecule has 0 aliphatic rings. The van der Waals surface area contributed by atoms with Gasteiger partial charge in [0, 0.05) is 13.0 Å². The molecule has 0 radical (unpaired) electrons. The molecule has 0 aliphatic carbocycles. The number of ether oxygens (including phenoxy) is 1. The lowest BCUT2D eigenvalue weighted by atomic mass is 10.1. The van der Waals surface area contributed by atoms with Gasteiger partial charge in [0.25, 0.3) is 0 Å². The third-order valence-corrected chi connectivity index (χ3v) is 5.68. The Balaban J connectivity index is 1.42. The molecule has 0 unspecified atom stereocenters. The number of nitrogens with one attached hydrogen (secondary N) is 1. The summed E-state index contributed by atoms with van der Waals surface area (Å²) in [6.07, 6.45) is 0.832. The molecule has 0 saturated heterocycles. The van der Waals surface area contributed by atoms with E-state index in [-0.39, 0.29) is 10.8 Å². The van der Waals surface area contributed by atoms with Crippen molar-refractivity contribution in [1.29, 1.82) is 0 Å². The van der Waals surface area contributed by atoms with Gasteiger partial charge in [0.05, 0.1) is 18.1 Å². The Labute approximate surface area is 183 Å². The van der Waals surface area contributed by atoms with Crippen LogP contribution in [-0.2, 0) is 45.7 Å². The minimum atomic E-state index is -3.70. The summed E-state index contributed by atoms with van der Waals surface area (Å²) in [6.45, 7) is 1.50. The molecule has 0 bridgehead atoms. The molecule has 3 N–H and O–H groups in total. The normalized spacial score (nSPS) is 11.3. The molecular weight excluding hydrogens is 412 g/mol. The molecule has 162 valence electrons. The molecule has 7 heteroatoms. The largest absolute Gasteiger partial charge is 0.372 e. The van der Waals surface area contributed by atoms with Crippen LogP contribution in [0.3, 0.4) is 0 Å². The smallest absolute Gasteiger partial charge is 0.238 e. The van der Waals surface area contributed by atoms with Crippen molar-refractivity contribution in [2.75, 3.05) is 0 Å². The predicted molar refractivity (Wildman–Crippen MR) is 119 cm³/mol. The van der Waals surface area contributed by atoms with Crippen LogP contribution in [0, 0.1) is 0 Å². The summed E-state index contributed by atoms with van der Waals surface area (Å²) < 4.78 is 28.3. The minimum Gasteiger partial charge on any atom is -0.372 e. The lowest BCUT2D eigenvalue weighted by Gasteiger charge is -2.09. The fraction of sp³-hybridized carbons (Fsp3) is 0.208. The second kappa shape index (κ2) is 10.9. The van der Waals surface area contributed by atoms with Gasteiger partial charge >= 0.3 is 0 Å². The summed E-state index contributed by atoms with van der Waals surface area (Å²) in [6, 6.07) is 24.2. The van der Waals surface area contributed by atoms with Crippen molar-refractivity contribution in [3.8, 4) is 0 Å². The first-order valence-corrected chi connectivity index (χ1v) is 11.5. The van der Waals surface area contributed by atoms with E-state index >= 15 is 0 Å². The van der Waals surface area contributed by atoms with E-state index in [9.17, 15) is 13.2 Å². The molecule has 1 amide bonds. The summed E-state index contributed by atoms with van der Waals surface area (Å²) >= 11 is 0. The number of hydrogen-bond donors (Lipinski definition) is 2. The molecular formula is C24H26N2O4S. The third kappa shape index (κ3) is 7.64. The van der Waals surface area contributed by atoms with Crippen molar-refractivity contribution < 1.29 is 17.9 Å². The highest BCUT2D eigenvalue weighted by atomic mass is 32.2. The van der Waals surface area contributed by atoms with Gasteiger partial charge in [-0.25, -0.2) is 13.6 Å². The topological polar surface area (TPSA) is 98.5 Å². The van der Waals surface area contributed by atoms with E-state index in [1.807, 2.05) is 54.6 Å². The standard InChI is InChI=1S/C24H26N2O4S/c25-31(28,29)23-12-9-19(10-13-23)11-14-24(27)26-16-21-7-4-8-22(15-21)18-30-17-20-5-2-1-3-6-20/h1-10,12-13,15H,11,14,16-18H2,(H,26,27)(H2,25,28,29). The SMILES string of the molecule is NS(=O)(=O)c1ccc(CCC(=O)NCc2cccc(COCc3ccccc3)c2)cc1. The average molecular weight is 439 g/mol. The number of rotatable bonds is 10. The van der Waals surface area contributed by atoms with Gasteiger partial charge in [-0.15, -0.1) is 0 Å². The summed E-state index contributed by atoms with van der Waals surface area (Å²) in [7, 11) is -3.70. The lowest BCUT2D eigenvalue weighted by Crippen LogP contribution is -2.23. The number of hydrogen-bond acceptors (Lipinski definition) is 4. The second-order valence-electron chi connectivity index (χ2n) is 7.26. The van der Waals surface area contributed by atoms with Gasteiger partial charge in [-0.1, -0.05) is 66.7 Å². The highest BCUT2D eigenvalue weighted by molar-refractivity contribution is 7.89. The molecule has 0 fully saturated rings. The van der Waals surface area contributed by atoms with E-state index in [1.54, 1.807) is 12.1 Å². The van der Waals surface area contributed by atoms with Crippen LogP contribution in [-0.4, -0.2) is 14.3 Å². The molecule has 3 aromatic carbocycles. The van der Waals surface area contributed by atoms with Crippen molar-refractivity contribution >= 4 is 15.9 Å². The minimum absolute atomic E-state index is 0.0633. The van der Waals surface area contributed by atoms with Gasteiger partial charge in [0.2, 0.25) is 15.9 Å². The number of carbonyl (C=O) groups is 1. The van der Waals surface area contributed by atoms with Crippen LogP contribution in [0.25, 0.3) is 0 Å². The molecule has 0 spiro atoms. The Hall–Kier alpha value is -3.00. The second-order valence-corrected chi connectivity index (χ2v) is 8.83. The number of aryl methyl sites for hydroxylation is 1. The van der Waals surface area contributed by atoms with Crippen LogP contribution < -0.4 is 10.5 Å². The van der Waals surface area contributed by atoms with Crippen molar-refractivity contribution in [1.82, 2.24) is 5.32 Å². The number of sulfonamides is 1. The maximum atomic E-state index is 12.2. The van der Waals surface area contributed by atoms with Crippen molar-refractivity contribution in [3.05, 3.63) is 101 Å².